The van der Waals surface area contributed by atoms with E-state index in [1.165, 1.54) is 0 Å². The van der Waals surface area contributed by atoms with Gasteiger partial charge in [-0.15, -0.1) is 10.2 Å². The normalized spacial score (nSPS) is 12.9. The molecule has 1 aromatic carbocycles. The van der Waals surface area contributed by atoms with Crippen LogP contribution in [0.1, 0.15) is 36.8 Å². The molecule has 8 heteroatoms. The molecule has 2 heterocycles. The molecule has 3 N–H and O–H groups in total. The fraction of sp³-hybridized carbons (Fsp3) is 0.350. The van der Waals surface area contributed by atoms with Crippen molar-refractivity contribution in [3.8, 4) is 0 Å². The van der Waals surface area contributed by atoms with Crippen molar-refractivity contribution in [3.63, 3.8) is 0 Å². The molecule has 3 rings (SSSR count). The minimum atomic E-state index is -1.04. The van der Waals surface area contributed by atoms with E-state index in [1.807, 2.05) is 49.5 Å². The first kappa shape index (κ1) is 20.3. The Hall–Kier alpha value is -2.48. The average Bonchev–Trinajstić information content (AvgIpc) is 3.05. The number of pyridine rings is 1. The molecule has 0 bridgehead atoms. The molecule has 0 unspecified atom stereocenters. The highest BCUT2D eigenvalue weighted by Gasteiger charge is 2.28. The van der Waals surface area contributed by atoms with E-state index in [9.17, 15) is 4.79 Å². The molecule has 0 aliphatic heterocycles. The van der Waals surface area contributed by atoms with Crippen molar-refractivity contribution in [2.45, 2.75) is 39.0 Å². The van der Waals surface area contributed by atoms with E-state index in [-0.39, 0.29) is 12.5 Å². The summed E-state index contributed by atoms with van der Waals surface area (Å²) in [6.07, 6.45) is 1.88. The van der Waals surface area contributed by atoms with E-state index in [1.54, 1.807) is 18.2 Å². The number of nitrogens with two attached hydrogens (primary N) is 1. The molecule has 0 saturated carbocycles. The molecule has 0 saturated heterocycles. The summed E-state index contributed by atoms with van der Waals surface area (Å²) < 4.78 is 7.63. The number of carbonyl (C=O) groups is 1. The highest BCUT2D eigenvalue weighted by Crippen LogP contribution is 2.22. The number of rotatable bonds is 7. The van der Waals surface area contributed by atoms with Gasteiger partial charge in [0.05, 0.1) is 23.8 Å². The lowest BCUT2D eigenvalue weighted by Gasteiger charge is -2.23. The highest BCUT2D eigenvalue weighted by molar-refractivity contribution is 6.33. The number of fused-ring (bicyclic) bond motifs is 1. The number of carbonyl (C=O) groups excluding carboxylic acids is 1. The molecule has 1 amide bonds. The van der Waals surface area contributed by atoms with Gasteiger partial charge in [0.1, 0.15) is 6.04 Å². The van der Waals surface area contributed by atoms with Crippen molar-refractivity contribution in [1.82, 2.24) is 19.9 Å². The summed E-state index contributed by atoms with van der Waals surface area (Å²) in [5.74, 6) is 0.225. The minimum absolute atomic E-state index is 0.211. The molecule has 7 nitrogen and oxygen atoms in total. The number of amides is 1. The summed E-state index contributed by atoms with van der Waals surface area (Å²) in [4.78, 5) is 12.5. The average molecular weight is 402 g/mol. The minimum Gasteiger partial charge on any atom is -0.374 e. The SMILES string of the molecule is Cc1cc(Cl)c2nnc([C@@H](COCc3ccccc3)NC(=O)C(C)(C)N)n2c1. The molecule has 0 fully saturated rings. The third-order valence-electron chi connectivity index (χ3n) is 4.22. The third-order valence-corrected chi connectivity index (χ3v) is 4.50. The molecule has 28 heavy (non-hydrogen) atoms. The number of ether oxygens (including phenoxy) is 1. The van der Waals surface area contributed by atoms with Gasteiger partial charge in [-0.1, -0.05) is 41.9 Å². The number of nitrogens with one attached hydrogen (secondary N) is 1. The Morgan fingerprint density at radius 2 is 2.04 bits per heavy atom. The molecule has 148 valence electrons. The van der Waals surface area contributed by atoms with Crippen LogP contribution in [0.4, 0.5) is 0 Å². The number of aromatic nitrogens is 3. The second-order valence-corrected chi connectivity index (χ2v) is 7.77. The number of halogens is 1. The predicted octanol–water partition coefficient (Wildman–Crippen LogP) is 2.80. The van der Waals surface area contributed by atoms with Crippen LogP contribution in [0.25, 0.3) is 5.65 Å². The maximum Gasteiger partial charge on any atom is 0.240 e. The summed E-state index contributed by atoms with van der Waals surface area (Å²) in [5.41, 5.74) is 7.42. The van der Waals surface area contributed by atoms with Crippen molar-refractivity contribution in [3.05, 3.63) is 64.6 Å². The van der Waals surface area contributed by atoms with Crippen molar-refractivity contribution in [1.29, 1.82) is 0 Å². The van der Waals surface area contributed by atoms with Gasteiger partial charge in [0.2, 0.25) is 5.91 Å². The van der Waals surface area contributed by atoms with Crippen LogP contribution < -0.4 is 11.1 Å². The van der Waals surface area contributed by atoms with Gasteiger partial charge in [0, 0.05) is 6.20 Å². The largest absolute Gasteiger partial charge is 0.374 e. The van der Waals surface area contributed by atoms with Crippen LogP contribution in [0.15, 0.2) is 42.6 Å². The summed E-state index contributed by atoms with van der Waals surface area (Å²) in [6.45, 7) is 5.84. The lowest BCUT2D eigenvalue weighted by molar-refractivity contribution is -0.126. The number of nitrogens with zero attached hydrogens (tertiary/aromatic N) is 3. The maximum atomic E-state index is 12.5. The van der Waals surface area contributed by atoms with Crippen LogP contribution in [0.2, 0.25) is 5.02 Å². The molecular weight excluding hydrogens is 378 g/mol. The van der Waals surface area contributed by atoms with E-state index >= 15 is 0 Å². The molecular formula is C20H24ClN5O2. The zero-order chi connectivity index (χ0) is 20.3. The smallest absolute Gasteiger partial charge is 0.240 e. The number of aryl methyl sites for hydroxylation is 1. The van der Waals surface area contributed by atoms with Gasteiger partial charge in [-0.05, 0) is 38.0 Å². The van der Waals surface area contributed by atoms with Crippen molar-refractivity contribution in [2.75, 3.05) is 6.61 Å². The highest BCUT2D eigenvalue weighted by atomic mass is 35.5. The second-order valence-electron chi connectivity index (χ2n) is 7.37. The summed E-state index contributed by atoms with van der Waals surface area (Å²) in [6, 6.07) is 11.1. The predicted molar refractivity (Wildman–Crippen MR) is 108 cm³/mol. The van der Waals surface area contributed by atoms with Crippen molar-refractivity contribution < 1.29 is 9.53 Å². The Labute approximate surface area is 168 Å². The fourth-order valence-corrected chi connectivity index (χ4v) is 3.03. The zero-order valence-electron chi connectivity index (χ0n) is 16.1. The summed E-state index contributed by atoms with van der Waals surface area (Å²) in [5, 5.41) is 11.8. The first-order valence-electron chi connectivity index (χ1n) is 8.98. The standard InChI is InChI=1S/C20H24ClN5O2/c1-13-9-15(21)17-24-25-18(26(17)10-13)16(23-19(27)20(2,3)22)12-28-11-14-7-5-4-6-8-14/h4-10,16H,11-12,22H2,1-3H3,(H,23,27)/t16-/m1/s1. The van der Waals surface area contributed by atoms with Crippen LogP contribution in [-0.2, 0) is 16.1 Å². The van der Waals surface area contributed by atoms with Crippen molar-refractivity contribution in [2.24, 2.45) is 5.73 Å². The Balaban J connectivity index is 1.86. The van der Waals surface area contributed by atoms with E-state index in [4.69, 9.17) is 22.1 Å². The van der Waals surface area contributed by atoms with Crippen LogP contribution in [-0.4, -0.2) is 32.7 Å². The Bertz CT molecular complexity index is 966. The Morgan fingerprint density at radius 1 is 1.32 bits per heavy atom. The van der Waals surface area contributed by atoms with E-state index < -0.39 is 11.6 Å². The number of hydrogen-bond donors (Lipinski definition) is 2. The van der Waals surface area contributed by atoms with Crippen LogP contribution >= 0.6 is 11.6 Å². The number of benzene rings is 1. The third kappa shape index (κ3) is 4.67. The van der Waals surface area contributed by atoms with Gasteiger partial charge in [0.25, 0.3) is 0 Å². The molecule has 0 spiro atoms. The molecule has 3 aromatic rings. The molecule has 0 aliphatic rings. The first-order chi connectivity index (χ1) is 13.3. The van der Waals surface area contributed by atoms with Crippen LogP contribution in [0.3, 0.4) is 0 Å². The van der Waals surface area contributed by atoms with E-state index in [2.05, 4.69) is 15.5 Å². The summed E-state index contributed by atoms with van der Waals surface area (Å²) in [7, 11) is 0. The van der Waals surface area contributed by atoms with Gasteiger partial charge in [-0.2, -0.15) is 0 Å². The molecule has 1 atom stereocenters. The monoisotopic (exact) mass is 401 g/mol. The molecule has 0 aliphatic carbocycles. The number of hydrogen-bond acceptors (Lipinski definition) is 5. The summed E-state index contributed by atoms with van der Waals surface area (Å²) >= 11 is 6.28. The van der Waals surface area contributed by atoms with Gasteiger partial charge in [-0.25, -0.2) is 0 Å². The van der Waals surface area contributed by atoms with Gasteiger partial charge in [-0.3, -0.25) is 9.20 Å². The molecule has 0 radical (unpaired) electrons. The quantitative estimate of drug-likeness (QED) is 0.634. The topological polar surface area (TPSA) is 94.5 Å². The van der Waals surface area contributed by atoms with Crippen molar-refractivity contribution >= 4 is 23.2 Å². The van der Waals surface area contributed by atoms with E-state index in [0.717, 1.165) is 11.1 Å². The van der Waals surface area contributed by atoms with Crippen LogP contribution in [0, 0.1) is 6.92 Å². The van der Waals surface area contributed by atoms with Crippen LogP contribution in [0.5, 0.6) is 0 Å². The molecule has 2 aromatic heterocycles. The Morgan fingerprint density at radius 3 is 2.71 bits per heavy atom. The lowest BCUT2D eigenvalue weighted by atomic mass is 10.1. The fourth-order valence-electron chi connectivity index (χ4n) is 2.73. The second kappa shape index (κ2) is 8.26. The van der Waals surface area contributed by atoms with Gasteiger partial charge >= 0.3 is 0 Å². The lowest BCUT2D eigenvalue weighted by Crippen LogP contribution is -2.50. The first-order valence-corrected chi connectivity index (χ1v) is 9.36. The Kier molecular flexibility index (Phi) is 5.98. The van der Waals surface area contributed by atoms with Gasteiger partial charge in [0.15, 0.2) is 11.5 Å². The van der Waals surface area contributed by atoms with E-state index in [0.29, 0.717) is 23.1 Å². The zero-order valence-corrected chi connectivity index (χ0v) is 16.9. The van der Waals surface area contributed by atoms with Gasteiger partial charge < -0.3 is 15.8 Å². The maximum absolute atomic E-state index is 12.5.